The lowest BCUT2D eigenvalue weighted by Crippen LogP contribution is -2.22. The molecule has 60 valence electrons. The van der Waals surface area contributed by atoms with Crippen molar-refractivity contribution in [3.05, 3.63) is 24.3 Å². The molecule has 1 aliphatic carbocycles. The Bertz CT molecular complexity index is 220. The molecule has 0 spiro atoms. The molecule has 0 amide bonds. The van der Waals surface area contributed by atoms with Crippen LogP contribution in [0.1, 0.15) is 12.8 Å². The van der Waals surface area contributed by atoms with E-state index in [1.54, 1.807) is 0 Å². The van der Waals surface area contributed by atoms with Gasteiger partial charge in [0.15, 0.2) is 0 Å². The lowest BCUT2D eigenvalue weighted by Gasteiger charge is -2.21. The largest absolute Gasteiger partial charge is 0.481 e. The van der Waals surface area contributed by atoms with E-state index in [1.807, 2.05) is 24.3 Å². The maximum atomic E-state index is 10.4. The number of hydrogen-bond donors (Lipinski definition) is 1. The van der Waals surface area contributed by atoms with Gasteiger partial charge in [0.2, 0.25) is 0 Å². The molecule has 0 bridgehead atoms. The summed E-state index contributed by atoms with van der Waals surface area (Å²) in [4.78, 5) is 10.4. The van der Waals surface area contributed by atoms with Gasteiger partial charge in [0, 0.05) is 0 Å². The average Bonchev–Trinajstić information content (AvgIpc) is 1.85. The Kier molecular flexibility index (Phi) is 2.49. The first kappa shape index (κ1) is 8.53. The van der Waals surface area contributed by atoms with Crippen LogP contribution in [-0.4, -0.2) is 15.4 Å². The molecule has 2 nitrogen and oxygen atoms in total. The van der Waals surface area contributed by atoms with Crippen LogP contribution in [0.3, 0.4) is 0 Å². The van der Waals surface area contributed by atoms with Crippen molar-refractivity contribution >= 4 is 21.9 Å². The molecular formula is C8H9BrO2. The van der Waals surface area contributed by atoms with Crippen molar-refractivity contribution in [1.82, 2.24) is 0 Å². The van der Waals surface area contributed by atoms with Crippen molar-refractivity contribution < 1.29 is 9.90 Å². The Morgan fingerprint density at radius 3 is 2.82 bits per heavy atom. The number of alkyl halides is 1. The molecule has 3 heteroatoms. The first-order valence-electron chi connectivity index (χ1n) is 3.37. The highest BCUT2D eigenvalue weighted by molar-refractivity contribution is 9.10. The van der Waals surface area contributed by atoms with E-state index in [0.29, 0.717) is 0 Å². The Balaban J connectivity index is 2.61. The van der Waals surface area contributed by atoms with Crippen LogP contribution < -0.4 is 0 Å². The summed E-state index contributed by atoms with van der Waals surface area (Å²) in [5.41, 5.74) is 0. The molecule has 0 fully saturated rings. The fourth-order valence-corrected chi connectivity index (χ4v) is 1.60. The fraction of sp³-hybridized carbons (Fsp3) is 0.375. The number of hydrogen-bond acceptors (Lipinski definition) is 1. The third-order valence-corrected chi connectivity index (χ3v) is 2.41. The minimum absolute atomic E-state index is 0.133. The quantitative estimate of drug-likeness (QED) is 0.719. The van der Waals surface area contributed by atoms with E-state index in [-0.39, 0.29) is 10.7 Å². The van der Waals surface area contributed by atoms with Crippen molar-refractivity contribution in [2.24, 2.45) is 0 Å². The van der Waals surface area contributed by atoms with Crippen LogP contribution in [0, 0.1) is 0 Å². The molecule has 1 aliphatic rings. The molecule has 0 aromatic heterocycles. The van der Waals surface area contributed by atoms with E-state index in [1.165, 1.54) is 0 Å². The molecule has 1 unspecified atom stereocenters. The highest BCUT2D eigenvalue weighted by Gasteiger charge is 2.26. The first-order valence-corrected chi connectivity index (χ1v) is 4.17. The highest BCUT2D eigenvalue weighted by Crippen LogP contribution is 2.31. The first-order chi connectivity index (χ1) is 5.12. The Labute approximate surface area is 73.7 Å². The molecule has 0 aliphatic heterocycles. The maximum absolute atomic E-state index is 10.4. The number of carboxylic acids is 1. The third-order valence-electron chi connectivity index (χ3n) is 1.54. The molecule has 0 heterocycles. The molecular weight excluding hydrogens is 208 g/mol. The van der Waals surface area contributed by atoms with Gasteiger partial charge in [-0.2, -0.15) is 0 Å². The van der Waals surface area contributed by atoms with Crippen LogP contribution in [0.4, 0.5) is 0 Å². The zero-order valence-corrected chi connectivity index (χ0v) is 7.54. The number of halogens is 1. The van der Waals surface area contributed by atoms with Crippen LogP contribution in [0.15, 0.2) is 24.3 Å². The van der Waals surface area contributed by atoms with Gasteiger partial charge in [-0.3, -0.25) is 4.79 Å². The summed E-state index contributed by atoms with van der Waals surface area (Å²) in [6, 6.07) is 0. The second-order valence-corrected chi connectivity index (χ2v) is 4.18. The zero-order chi connectivity index (χ0) is 8.32. The molecule has 11 heavy (non-hydrogen) atoms. The second kappa shape index (κ2) is 3.22. The number of carbonyl (C=O) groups is 1. The average molecular weight is 217 g/mol. The van der Waals surface area contributed by atoms with Crippen molar-refractivity contribution in [2.45, 2.75) is 17.2 Å². The Morgan fingerprint density at radius 2 is 2.36 bits per heavy atom. The molecule has 0 saturated heterocycles. The van der Waals surface area contributed by atoms with Crippen molar-refractivity contribution in [3.8, 4) is 0 Å². The summed E-state index contributed by atoms with van der Waals surface area (Å²) in [6.45, 7) is 0. The Morgan fingerprint density at radius 1 is 1.64 bits per heavy atom. The van der Waals surface area contributed by atoms with E-state index >= 15 is 0 Å². The number of carboxylic acid groups (broad SMARTS) is 1. The topological polar surface area (TPSA) is 37.3 Å². The van der Waals surface area contributed by atoms with Crippen LogP contribution in [-0.2, 0) is 4.79 Å². The molecule has 0 radical (unpaired) electrons. The second-order valence-electron chi connectivity index (χ2n) is 2.60. The van der Waals surface area contributed by atoms with Gasteiger partial charge in [0.05, 0.1) is 10.7 Å². The van der Waals surface area contributed by atoms with Crippen LogP contribution in [0.2, 0.25) is 0 Å². The van der Waals surface area contributed by atoms with Gasteiger partial charge in [-0.1, -0.05) is 40.2 Å². The van der Waals surface area contributed by atoms with Crippen molar-refractivity contribution in [1.29, 1.82) is 0 Å². The summed E-state index contributed by atoms with van der Waals surface area (Å²) in [5, 5.41) is 8.54. The third kappa shape index (κ3) is 2.50. The van der Waals surface area contributed by atoms with Crippen molar-refractivity contribution in [2.75, 3.05) is 0 Å². The van der Waals surface area contributed by atoms with Gasteiger partial charge >= 0.3 is 5.97 Å². The summed E-state index contributed by atoms with van der Waals surface area (Å²) in [7, 11) is 0. The fourth-order valence-electron chi connectivity index (χ4n) is 1.02. The number of allylic oxidation sites excluding steroid dienone is 4. The predicted octanol–water partition coefficient (Wildman–Crippen LogP) is 2.11. The van der Waals surface area contributed by atoms with Gasteiger partial charge in [0.1, 0.15) is 0 Å². The summed E-state index contributed by atoms with van der Waals surface area (Å²) in [5.74, 6) is -0.776. The normalized spacial score (nSPS) is 28.8. The van der Waals surface area contributed by atoms with E-state index in [0.717, 1.165) is 6.42 Å². The maximum Gasteiger partial charge on any atom is 0.305 e. The van der Waals surface area contributed by atoms with Crippen LogP contribution >= 0.6 is 15.9 Å². The Hall–Kier alpha value is -0.570. The lowest BCUT2D eigenvalue weighted by atomic mass is 9.97. The summed E-state index contributed by atoms with van der Waals surface area (Å²) < 4.78 is -0.354. The monoisotopic (exact) mass is 216 g/mol. The van der Waals surface area contributed by atoms with Gasteiger partial charge in [-0.05, 0) is 6.42 Å². The van der Waals surface area contributed by atoms with Crippen molar-refractivity contribution in [3.63, 3.8) is 0 Å². The lowest BCUT2D eigenvalue weighted by molar-refractivity contribution is -0.137. The minimum Gasteiger partial charge on any atom is -0.481 e. The zero-order valence-electron chi connectivity index (χ0n) is 5.96. The van der Waals surface area contributed by atoms with Crippen LogP contribution in [0.5, 0.6) is 0 Å². The van der Waals surface area contributed by atoms with E-state index in [4.69, 9.17) is 5.11 Å². The van der Waals surface area contributed by atoms with Gasteiger partial charge in [0.25, 0.3) is 0 Å². The van der Waals surface area contributed by atoms with Gasteiger partial charge in [-0.25, -0.2) is 0 Å². The molecule has 0 aromatic rings. The standard InChI is InChI=1S/C8H9BrO2/c9-8(6-7(10)11)4-2-1-3-5-8/h1-4H,5-6H2,(H,10,11). The molecule has 1 N–H and O–H groups in total. The predicted molar refractivity (Wildman–Crippen MR) is 46.8 cm³/mol. The smallest absolute Gasteiger partial charge is 0.305 e. The molecule has 0 aromatic carbocycles. The van der Waals surface area contributed by atoms with Gasteiger partial charge < -0.3 is 5.11 Å². The molecule has 1 atom stereocenters. The van der Waals surface area contributed by atoms with E-state index in [2.05, 4.69) is 15.9 Å². The van der Waals surface area contributed by atoms with Crippen LogP contribution in [0.25, 0.3) is 0 Å². The minimum atomic E-state index is -0.776. The molecule has 0 saturated carbocycles. The number of rotatable bonds is 2. The van der Waals surface area contributed by atoms with E-state index in [9.17, 15) is 4.79 Å². The molecule has 1 rings (SSSR count). The summed E-state index contributed by atoms with van der Waals surface area (Å²) >= 11 is 3.38. The summed E-state index contributed by atoms with van der Waals surface area (Å²) in [6.07, 6.45) is 8.49. The van der Waals surface area contributed by atoms with E-state index < -0.39 is 5.97 Å². The number of aliphatic carboxylic acids is 1. The highest BCUT2D eigenvalue weighted by atomic mass is 79.9. The van der Waals surface area contributed by atoms with Gasteiger partial charge in [-0.15, -0.1) is 0 Å². The SMILES string of the molecule is O=C(O)CC1(Br)C=CC=CC1.